The van der Waals surface area contributed by atoms with Gasteiger partial charge in [0.1, 0.15) is 0 Å². The predicted octanol–water partition coefficient (Wildman–Crippen LogP) is 2.89. The van der Waals surface area contributed by atoms with Gasteiger partial charge in [-0.15, -0.1) is 0 Å². The predicted molar refractivity (Wildman–Crippen MR) is 66.0 cm³/mol. The lowest BCUT2D eigenvalue weighted by Gasteiger charge is -2.26. The maximum Gasteiger partial charge on any atom is 0.154 e. The Labute approximate surface area is 90.5 Å². The molecule has 0 aromatic carbocycles. The van der Waals surface area contributed by atoms with Gasteiger partial charge in [0, 0.05) is 6.00 Å². The summed E-state index contributed by atoms with van der Waals surface area (Å²) in [6, 6.07) is -0.0915. The van der Waals surface area contributed by atoms with E-state index in [1.165, 1.54) is 12.8 Å². The molecule has 0 spiro atoms. The van der Waals surface area contributed by atoms with Crippen LogP contribution in [0.3, 0.4) is 0 Å². The minimum atomic E-state index is -0.0915. The van der Waals surface area contributed by atoms with Gasteiger partial charge in [-0.3, -0.25) is 0 Å². The normalized spacial score (nSPS) is 17.9. The van der Waals surface area contributed by atoms with E-state index in [-0.39, 0.29) is 6.00 Å². The highest BCUT2D eigenvalue weighted by Gasteiger charge is 2.19. The monoisotopic (exact) mass is 198 g/mol. The molecule has 0 aromatic rings. The van der Waals surface area contributed by atoms with Crippen LogP contribution in [0.15, 0.2) is 0 Å². The van der Waals surface area contributed by atoms with Crippen LogP contribution in [0.4, 0.5) is 0 Å². The van der Waals surface area contributed by atoms with E-state index in [1.54, 1.807) is 0 Å². The first-order valence-corrected chi connectivity index (χ1v) is 6.19. The smallest absolute Gasteiger partial charge is 0.154 e. The first kappa shape index (κ1) is 14.0. The van der Waals surface area contributed by atoms with Crippen molar-refractivity contribution in [1.29, 1.82) is 0 Å². The molecule has 0 rings (SSSR count). The van der Waals surface area contributed by atoms with Crippen molar-refractivity contribution in [2.75, 3.05) is 0 Å². The number of hydrogen-bond acceptors (Lipinski definition) is 1. The zero-order valence-corrected chi connectivity index (χ0v) is 10.6. The van der Waals surface area contributed by atoms with Gasteiger partial charge in [0.2, 0.25) is 0 Å². The van der Waals surface area contributed by atoms with Crippen molar-refractivity contribution >= 4 is 7.28 Å². The van der Waals surface area contributed by atoms with E-state index >= 15 is 0 Å². The van der Waals surface area contributed by atoms with Gasteiger partial charge in [-0.05, 0) is 30.6 Å². The Balaban J connectivity index is 3.96. The summed E-state index contributed by atoms with van der Waals surface area (Å²) >= 11 is 0. The summed E-state index contributed by atoms with van der Waals surface area (Å²) in [6.07, 6.45) is 3.52. The summed E-state index contributed by atoms with van der Waals surface area (Å²) in [6.45, 7) is 11.2. The highest BCUT2D eigenvalue weighted by atomic mass is 16.3. The third kappa shape index (κ3) is 5.69. The van der Waals surface area contributed by atoms with Crippen LogP contribution in [0.25, 0.3) is 0 Å². The van der Waals surface area contributed by atoms with E-state index in [0.717, 1.165) is 25.5 Å². The van der Waals surface area contributed by atoms with E-state index in [0.29, 0.717) is 5.92 Å². The largest absolute Gasteiger partial charge is 0.402 e. The molecule has 1 nitrogen and oxygen atoms in total. The summed E-state index contributed by atoms with van der Waals surface area (Å²) in [4.78, 5) is 0. The third-order valence-corrected chi connectivity index (χ3v) is 3.22. The van der Waals surface area contributed by atoms with E-state index in [2.05, 4.69) is 34.5 Å². The molecule has 14 heavy (non-hydrogen) atoms. The molecular formula is C12H27BO. The zero-order chi connectivity index (χ0) is 11.1. The van der Waals surface area contributed by atoms with Gasteiger partial charge in [-0.2, -0.15) is 0 Å². The molecule has 0 aliphatic heterocycles. The van der Waals surface area contributed by atoms with Gasteiger partial charge in [-0.1, -0.05) is 40.9 Å². The van der Waals surface area contributed by atoms with Crippen molar-refractivity contribution in [1.82, 2.24) is 0 Å². The van der Waals surface area contributed by atoms with Crippen LogP contribution in [0, 0.1) is 17.8 Å². The highest BCUT2D eigenvalue weighted by molar-refractivity contribution is 6.35. The maximum absolute atomic E-state index is 9.61. The first-order valence-electron chi connectivity index (χ1n) is 6.19. The summed E-state index contributed by atoms with van der Waals surface area (Å²) < 4.78 is 0. The van der Waals surface area contributed by atoms with Crippen LogP contribution in [-0.2, 0) is 0 Å². The fourth-order valence-corrected chi connectivity index (χ4v) is 2.20. The van der Waals surface area contributed by atoms with Crippen molar-refractivity contribution in [3.63, 3.8) is 0 Å². The van der Waals surface area contributed by atoms with E-state index in [9.17, 15) is 5.11 Å². The molecule has 0 aliphatic carbocycles. The molecular weight excluding hydrogens is 171 g/mol. The number of aliphatic hydroxyl groups is 1. The Hall–Kier alpha value is 0.0249. The topological polar surface area (TPSA) is 20.2 Å². The summed E-state index contributed by atoms with van der Waals surface area (Å²) in [7, 11) is 0.891. The number of hydrogen-bond donors (Lipinski definition) is 1. The van der Waals surface area contributed by atoms with Crippen LogP contribution in [0.5, 0.6) is 0 Å². The molecule has 1 N–H and O–H groups in total. The molecule has 0 radical (unpaired) electrons. The molecule has 0 aliphatic rings. The molecule has 2 unspecified atom stereocenters. The quantitative estimate of drug-likeness (QED) is 0.623. The Bertz CT molecular complexity index is 136. The highest BCUT2D eigenvalue weighted by Crippen LogP contribution is 2.26. The third-order valence-electron chi connectivity index (χ3n) is 3.22. The second kappa shape index (κ2) is 7.33. The van der Waals surface area contributed by atoms with Crippen LogP contribution in [0.2, 0.25) is 6.82 Å². The average molecular weight is 198 g/mol. The second-order valence-corrected chi connectivity index (χ2v) is 5.07. The Morgan fingerprint density at radius 3 is 2.07 bits per heavy atom. The van der Waals surface area contributed by atoms with Crippen molar-refractivity contribution in [2.24, 2.45) is 17.8 Å². The van der Waals surface area contributed by atoms with Crippen LogP contribution in [-0.4, -0.2) is 18.4 Å². The Morgan fingerprint density at radius 2 is 1.71 bits per heavy atom. The SMILES string of the molecule is CBC(O)C[C@H](C)C(CC)CC(C)C. The summed E-state index contributed by atoms with van der Waals surface area (Å²) in [5.41, 5.74) is 0. The molecule has 0 saturated heterocycles. The molecule has 0 aromatic heterocycles. The van der Waals surface area contributed by atoms with E-state index < -0.39 is 0 Å². The van der Waals surface area contributed by atoms with E-state index in [1.807, 2.05) is 0 Å². The molecule has 0 amide bonds. The molecule has 2 heteroatoms. The van der Waals surface area contributed by atoms with E-state index in [4.69, 9.17) is 0 Å². The van der Waals surface area contributed by atoms with Gasteiger partial charge in [-0.25, -0.2) is 0 Å². The fraction of sp³-hybridized carbons (Fsp3) is 1.00. The first-order chi connectivity index (χ1) is 6.51. The van der Waals surface area contributed by atoms with Crippen molar-refractivity contribution in [3.8, 4) is 0 Å². The Kier molecular flexibility index (Phi) is 7.35. The van der Waals surface area contributed by atoms with Gasteiger partial charge in [0.05, 0.1) is 0 Å². The van der Waals surface area contributed by atoms with Crippen molar-refractivity contribution in [3.05, 3.63) is 0 Å². The second-order valence-electron chi connectivity index (χ2n) is 5.07. The van der Waals surface area contributed by atoms with Gasteiger partial charge in [0.25, 0.3) is 0 Å². The number of rotatable bonds is 7. The van der Waals surface area contributed by atoms with Gasteiger partial charge < -0.3 is 5.11 Å². The summed E-state index contributed by atoms with van der Waals surface area (Å²) in [5.74, 6) is 2.23. The molecule has 0 bridgehead atoms. The van der Waals surface area contributed by atoms with Crippen LogP contribution >= 0.6 is 0 Å². The van der Waals surface area contributed by atoms with Crippen molar-refractivity contribution in [2.45, 2.75) is 59.8 Å². The van der Waals surface area contributed by atoms with Crippen LogP contribution < -0.4 is 0 Å². The van der Waals surface area contributed by atoms with Crippen molar-refractivity contribution < 1.29 is 5.11 Å². The minimum Gasteiger partial charge on any atom is -0.402 e. The lowest BCUT2D eigenvalue weighted by atomic mass is 9.69. The average Bonchev–Trinajstić information content (AvgIpc) is 2.13. The maximum atomic E-state index is 9.61. The zero-order valence-electron chi connectivity index (χ0n) is 10.6. The molecule has 0 saturated carbocycles. The fourth-order valence-electron chi connectivity index (χ4n) is 2.20. The summed E-state index contributed by atoms with van der Waals surface area (Å²) in [5, 5.41) is 9.61. The lowest BCUT2D eigenvalue weighted by molar-refractivity contribution is 0.180. The van der Waals surface area contributed by atoms with Gasteiger partial charge in [0.15, 0.2) is 7.28 Å². The molecule has 0 heterocycles. The Morgan fingerprint density at radius 1 is 1.14 bits per heavy atom. The van der Waals surface area contributed by atoms with Gasteiger partial charge >= 0.3 is 0 Å². The lowest BCUT2D eigenvalue weighted by Crippen LogP contribution is -2.22. The molecule has 3 atom stereocenters. The molecule has 0 fully saturated rings. The standard InChI is InChI=1S/C12H27BO/c1-6-11(7-9(2)3)10(4)8-12(14)13-5/h9-14H,6-8H2,1-5H3/t10-,11?,12?/m0/s1. The number of aliphatic hydroxyl groups excluding tert-OH is 1. The van der Waals surface area contributed by atoms with Crippen LogP contribution in [0.1, 0.15) is 47.0 Å². The molecule has 84 valence electrons. The minimum absolute atomic E-state index is 0.0915.